The summed E-state index contributed by atoms with van der Waals surface area (Å²) in [7, 11) is 1.58. The summed E-state index contributed by atoms with van der Waals surface area (Å²) >= 11 is 0. The average Bonchev–Trinajstić information content (AvgIpc) is 2.96. The van der Waals surface area contributed by atoms with Gasteiger partial charge in [0.2, 0.25) is 5.91 Å². The maximum atomic E-state index is 15.5. The summed E-state index contributed by atoms with van der Waals surface area (Å²) in [5.74, 6) is -0.0248. The minimum atomic E-state index is -0.821. The summed E-state index contributed by atoms with van der Waals surface area (Å²) in [6.45, 7) is 11.1. The van der Waals surface area contributed by atoms with Crippen molar-refractivity contribution in [2.45, 2.75) is 58.8 Å². The van der Waals surface area contributed by atoms with Gasteiger partial charge in [0.15, 0.2) is 5.82 Å². The van der Waals surface area contributed by atoms with Crippen molar-refractivity contribution in [1.82, 2.24) is 9.97 Å². The van der Waals surface area contributed by atoms with E-state index in [4.69, 9.17) is 0 Å². The number of nitrogens with zero attached hydrogens (tertiary/aromatic N) is 3. The second-order valence-corrected chi connectivity index (χ2v) is 10.2. The van der Waals surface area contributed by atoms with Crippen LogP contribution in [0.4, 0.5) is 10.1 Å². The van der Waals surface area contributed by atoms with E-state index in [1.165, 1.54) is 4.90 Å². The summed E-state index contributed by atoms with van der Waals surface area (Å²) < 4.78 is 15.5. The molecular formula is C28H30FN3O2. The van der Waals surface area contributed by atoms with Gasteiger partial charge >= 0.3 is 0 Å². The lowest BCUT2D eigenvalue weighted by molar-refractivity contribution is -0.123. The summed E-state index contributed by atoms with van der Waals surface area (Å²) in [5, 5.41) is 0. The fraction of sp³-hybridized carbons (Fsp3) is 0.357. The van der Waals surface area contributed by atoms with Gasteiger partial charge in [-0.05, 0) is 69.4 Å². The monoisotopic (exact) mass is 459 g/mol. The van der Waals surface area contributed by atoms with E-state index in [0.717, 1.165) is 22.3 Å². The lowest BCUT2D eigenvalue weighted by atomic mass is 9.76. The van der Waals surface area contributed by atoms with Crippen molar-refractivity contribution in [2.24, 2.45) is 0 Å². The Morgan fingerprint density at radius 3 is 2.32 bits per heavy atom. The van der Waals surface area contributed by atoms with Gasteiger partial charge in [-0.3, -0.25) is 9.59 Å². The number of Topliss-reactive ketones (excluding diaryl/α,β-unsaturated/α-hetero) is 1. The van der Waals surface area contributed by atoms with Gasteiger partial charge < -0.3 is 4.90 Å². The van der Waals surface area contributed by atoms with Gasteiger partial charge in [0.25, 0.3) is 0 Å². The lowest BCUT2D eigenvalue weighted by Crippen LogP contribution is -2.33. The van der Waals surface area contributed by atoms with Gasteiger partial charge in [-0.2, -0.15) is 0 Å². The molecule has 3 aromatic rings. The summed E-state index contributed by atoms with van der Waals surface area (Å²) in [6.07, 6.45) is 3.51. The number of carbonyl (C=O) groups excluding carboxylic acids is 2. The second-order valence-electron chi connectivity index (χ2n) is 10.2. The van der Waals surface area contributed by atoms with Gasteiger partial charge in [0.1, 0.15) is 11.6 Å². The SMILES string of the molecule is Cc1ncc(-c2ccc(C(C)(C)C(=O)Cc3ccc4c(c3F)N(C)C(=O)C4(C)C)c(C)c2)cn1. The molecule has 0 saturated carbocycles. The third-order valence-electron chi connectivity index (χ3n) is 7.11. The molecule has 1 aromatic heterocycles. The zero-order valence-electron chi connectivity index (χ0n) is 20.8. The molecule has 0 spiro atoms. The first-order chi connectivity index (χ1) is 15.9. The first-order valence-corrected chi connectivity index (χ1v) is 11.4. The van der Waals surface area contributed by atoms with Crippen LogP contribution in [0.15, 0.2) is 42.7 Å². The molecule has 6 heteroatoms. The average molecular weight is 460 g/mol. The Morgan fingerprint density at radius 1 is 1.06 bits per heavy atom. The Hall–Kier alpha value is -3.41. The van der Waals surface area contributed by atoms with Crippen LogP contribution in [0.5, 0.6) is 0 Å². The number of amides is 1. The molecule has 1 aliphatic heterocycles. The van der Waals surface area contributed by atoms with E-state index in [2.05, 4.69) is 9.97 Å². The van der Waals surface area contributed by atoms with Crippen molar-refractivity contribution in [2.75, 3.05) is 11.9 Å². The van der Waals surface area contributed by atoms with Crippen molar-refractivity contribution >= 4 is 17.4 Å². The fourth-order valence-electron chi connectivity index (χ4n) is 4.84. The van der Waals surface area contributed by atoms with Crippen LogP contribution in [0.1, 0.15) is 55.8 Å². The molecule has 0 bridgehead atoms. The van der Waals surface area contributed by atoms with Crippen LogP contribution in [0.25, 0.3) is 11.1 Å². The molecule has 2 heterocycles. The van der Waals surface area contributed by atoms with Gasteiger partial charge in [0.05, 0.1) is 11.1 Å². The Labute approximate surface area is 200 Å². The Balaban J connectivity index is 1.63. The second kappa shape index (κ2) is 8.12. The Kier molecular flexibility index (Phi) is 5.67. The molecule has 5 nitrogen and oxygen atoms in total. The highest BCUT2D eigenvalue weighted by Crippen LogP contribution is 2.43. The minimum Gasteiger partial charge on any atom is -0.312 e. The molecule has 0 atom stereocenters. The molecule has 0 saturated heterocycles. The van der Waals surface area contributed by atoms with Crippen LogP contribution in [-0.2, 0) is 26.8 Å². The molecule has 4 rings (SSSR count). The topological polar surface area (TPSA) is 63.2 Å². The number of ketones is 1. The molecule has 34 heavy (non-hydrogen) atoms. The number of halogens is 1. The number of aryl methyl sites for hydroxylation is 2. The van der Waals surface area contributed by atoms with E-state index in [1.54, 1.807) is 45.4 Å². The highest BCUT2D eigenvalue weighted by molar-refractivity contribution is 6.07. The zero-order chi connectivity index (χ0) is 25.0. The van der Waals surface area contributed by atoms with Crippen LogP contribution in [-0.4, -0.2) is 28.7 Å². The number of hydrogen-bond acceptors (Lipinski definition) is 4. The lowest BCUT2D eigenvalue weighted by Gasteiger charge is -2.26. The van der Waals surface area contributed by atoms with Crippen molar-refractivity contribution in [1.29, 1.82) is 0 Å². The van der Waals surface area contributed by atoms with Crippen LogP contribution >= 0.6 is 0 Å². The minimum absolute atomic E-state index is 0.0540. The molecule has 1 aliphatic rings. The van der Waals surface area contributed by atoms with E-state index in [9.17, 15) is 9.59 Å². The molecule has 0 radical (unpaired) electrons. The number of fused-ring (bicyclic) bond motifs is 1. The Bertz CT molecular complexity index is 1310. The van der Waals surface area contributed by atoms with Crippen molar-refractivity contribution in [3.63, 3.8) is 0 Å². The smallest absolute Gasteiger partial charge is 0.236 e. The largest absolute Gasteiger partial charge is 0.312 e. The Morgan fingerprint density at radius 2 is 1.71 bits per heavy atom. The van der Waals surface area contributed by atoms with Crippen LogP contribution in [0.2, 0.25) is 0 Å². The maximum Gasteiger partial charge on any atom is 0.236 e. The highest BCUT2D eigenvalue weighted by atomic mass is 19.1. The molecule has 0 aliphatic carbocycles. The molecule has 0 unspecified atom stereocenters. The van der Waals surface area contributed by atoms with E-state index in [0.29, 0.717) is 17.0 Å². The number of carbonyl (C=O) groups is 2. The number of rotatable bonds is 5. The summed E-state index contributed by atoms with van der Waals surface area (Å²) in [4.78, 5) is 35.9. The first-order valence-electron chi connectivity index (χ1n) is 11.4. The van der Waals surface area contributed by atoms with E-state index >= 15 is 4.39 Å². The van der Waals surface area contributed by atoms with Crippen LogP contribution in [0.3, 0.4) is 0 Å². The van der Waals surface area contributed by atoms with Crippen molar-refractivity contribution in [3.8, 4) is 11.1 Å². The van der Waals surface area contributed by atoms with E-state index in [-0.39, 0.29) is 23.8 Å². The van der Waals surface area contributed by atoms with Gasteiger partial charge in [-0.1, -0.05) is 30.3 Å². The molecule has 0 N–H and O–H groups in total. The molecule has 176 valence electrons. The predicted octanol–water partition coefficient (Wildman–Crippen LogP) is 5.24. The molecule has 2 aromatic carbocycles. The number of benzene rings is 2. The normalized spacial score (nSPS) is 14.9. The van der Waals surface area contributed by atoms with Gasteiger partial charge in [-0.25, -0.2) is 14.4 Å². The number of likely N-dealkylation sites (N-methyl/N-ethyl adjacent to an activating group) is 1. The summed E-state index contributed by atoms with van der Waals surface area (Å²) in [5.41, 5.74) is 3.38. The third kappa shape index (κ3) is 3.71. The predicted molar refractivity (Wildman–Crippen MR) is 132 cm³/mol. The maximum absolute atomic E-state index is 15.5. The zero-order valence-corrected chi connectivity index (χ0v) is 20.8. The number of aromatic nitrogens is 2. The highest BCUT2D eigenvalue weighted by Gasteiger charge is 2.44. The summed E-state index contributed by atoms with van der Waals surface area (Å²) in [6, 6.07) is 9.36. The molecule has 0 fully saturated rings. The van der Waals surface area contributed by atoms with Crippen LogP contribution in [0, 0.1) is 19.7 Å². The molecule has 1 amide bonds. The van der Waals surface area contributed by atoms with Crippen molar-refractivity contribution in [3.05, 3.63) is 76.6 Å². The number of hydrogen-bond donors (Lipinski definition) is 0. The quantitative estimate of drug-likeness (QED) is 0.523. The molecular weight excluding hydrogens is 429 g/mol. The third-order valence-corrected chi connectivity index (χ3v) is 7.11. The number of anilines is 1. The standard InChI is InChI=1S/C28H30FN3O2/c1-16-12-18(20-14-30-17(2)31-15-20)8-10-21(16)27(3,4)23(33)13-19-9-11-22-25(24(19)29)32(7)26(34)28(22,5)6/h8-12,14-15H,13H2,1-7H3. The fourth-order valence-corrected chi connectivity index (χ4v) is 4.84. The van der Waals surface area contributed by atoms with E-state index in [1.807, 2.05) is 45.9 Å². The van der Waals surface area contributed by atoms with Gasteiger partial charge in [0, 0.05) is 36.8 Å². The van der Waals surface area contributed by atoms with Crippen LogP contribution < -0.4 is 4.90 Å². The van der Waals surface area contributed by atoms with E-state index < -0.39 is 16.6 Å². The first kappa shape index (κ1) is 23.7. The van der Waals surface area contributed by atoms with Gasteiger partial charge in [-0.15, -0.1) is 0 Å². The van der Waals surface area contributed by atoms with Crippen molar-refractivity contribution < 1.29 is 14.0 Å².